The highest BCUT2D eigenvalue weighted by atomic mass is 19.1. The summed E-state index contributed by atoms with van der Waals surface area (Å²) >= 11 is 0. The number of halogens is 3. The van der Waals surface area contributed by atoms with Crippen molar-refractivity contribution >= 4 is 34.0 Å². The third-order valence-electron chi connectivity index (χ3n) is 6.41. The number of aromatic nitrogens is 2. The molecule has 8 nitrogen and oxygen atoms in total. The summed E-state index contributed by atoms with van der Waals surface area (Å²) in [6, 6.07) is 10.5. The van der Waals surface area contributed by atoms with Crippen molar-refractivity contribution in [3.05, 3.63) is 85.0 Å². The molecule has 0 spiro atoms. The zero-order chi connectivity index (χ0) is 28.1. The summed E-state index contributed by atoms with van der Waals surface area (Å²) in [5, 5.41) is 6.15. The highest BCUT2D eigenvalue weighted by molar-refractivity contribution is 6.03. The SMILES string of the molecule is C=CC(=O)Nc1cc2c(Nc3cc(-c4ccc(F)cc4F)ccc3F)ncnc2cc1OCCN1CCOCC1. The van der Waals surface area contributed by atoms with Crippen LogP contribution in [0.15, 0.2) is 67.5 Å². The van der Waals surface area contributed by atoms with Crippen LogP contribution in [0, 0.1) is 17.5 Å². The van der Waals surface area contributed by atoms with E-state index in [4.69, 9.17) is 9.47 Å². The van der Waals surface area contributed by atoms with Crippen LogP contribution in [0.2, 0.25) is 0 Å². The zero-order valence-corrected chi connectivity index (χ0v) is 21.4. The summed E-state index contributed by atoms with van der Waals surface area (Å²) in [6.45, 7) is 7.52. The minimum Gasteiger partial charge on any atom is -0.490 e. The van der Waals surface area contributed by atoms with Gasteiger partial charge in [-0.3, -0.25) is 9.69 Å². The number of nitrogens with zero attached hydrogens (tertiary/aromatic N) is 3. The Morgan fingerprint density at radius 2 is 1.85 bits per heavy atom. The van der Waals surface area contributed by atoms with Crippen LogP contribution in [-0.2, 0) is 9.53 Å². The van der Waals surface area contributed by atoms with Crippen molar-refractivity contribution in [1.29, 1.82) is 0 Å². The van der Waals surface area contributed by atoms with Crippen LogP contribution in [-0.4, -0.2) is 60.2 Å². The molecule has 1 aliphatic rings. The number of benzene rings is 3. The Hall–Kier alpha value is -4.48. The number of anilines is 3. The van der Waals surface area contributed by atoms with E-state index in [0.717, 1.165) is 31.3 Å². The molecule has 11 heteroatoms. The number of fused-ring (bicyclic) bond motifs is 1. The third kappa shape index (κ3) is 6.22. The van der Waals surface area contributed by atoms with Crippen LogP contribution in [0.4, 0.5) is 30.4 Å². The Morgan fingerprint density at radius 3 is 2.62 bits per heavy atom. The first-order valence-corrected chi connectivity index (χ1v) is 12.6. The Balaban J connectivity index is 1.45. The number of hydrogen-bond acceptors (Lipinski definition) is 7. The summed E-state index contributed by atoms with van der Waals surface area (Å²) in [5.74, 6) is -1.88. The Labute approximate surface area is 228 Å². The normalized spacial score (nSPS) is 13.7. The van der Waals surface area contributed by atoms with Crippen molar-refractivity contribution in [2.24, 2.45) is 0 Å². The molecular formula is C29H26F3N5O3. The summed E-state index contributed by atoms with van der Waals surface area (Å²) in [5.41, 5.74) is 1.32. The fourth-order valence-corrected chi connectivity index (χ4v) is 4.33. The lowest BCUT2D eigenvalue weighted by Gasteiger charge is -2.26. The number of rotatable bonds is 9. The van der Waals surface area contributed by atoms with Gasteiger partial charge in [0.2, 0.25) is 5.91 Å². The van der Waals surface area contributed by atoms with Crippen molar-refractivity contribution in [1.82, 2.24) is 14.9 Å². The minimum atomic E-state index is -0.770. The lowest BCUT2D eigenvalue weighted by molar-refractivity contribution is -0.111. The highest BCUT2D eigenvalue weighted by Crippen LogP contribution is 2.35. The molecule has 1 aliphatic heterocycles. The topological polar surface area (TPSA) is 88.6 Å². The second-order valence-electron chi connectivity index (χ2n) is 9.03. The predicted molar refractivity (Wildman–Crippen MR) is 146 cm³/mol. The van der Waals surface area contributed by atoms with Gasteiger partial charge in [-0.25, -0.2) is 23.1 Å². The molecule has 4 aromatic rings. The molecule has 0 atom stereocenters. The van der Waals surface area contributed by atoms with Crippen molar-refractivity contribution in [3.63, 3.8) is 0 Å². The standard InChI is InChI=1S/C29H26F3N5O3/c1-2-28(38)35-26-15-21-24(16-27(26)40-12-9-37-7-10-39-11-8-37)33-17-34-29(21)36-25-13-18(3-6-22(25)31)20-5-4-19(30)14-23(20)32/h2-6,13-17H,1,7-12H2,(H,35,38)(H,33,34,36). The van der Waals surface area contributed by atoms with E-state index >= 15 is 0 Å². The van der Waals surface area contributed by atoms with Gasteiger partial charge in [-0.1, -0.05) is 12.6 Å². The van der Waals surface area contributed by atoms with Gasteiger partial charge in [0.05, 0.1) is 30.1 Å². The smallest absolute Gasteiger partial charge is 0.247 e. The average molecular weight is 550 g/mol. The quantitative estimate of drug-likeness (QED) is 0.274. The second-order valence-corrected chi connectivity index (χ2v) is 9.03. The Kier molecular flexibility index (Phi) is 8.23. The molecule has 0 radical (unpaired) electrons. The molecule has 1 amide bonds. The van der Waals surface area contributed by atoms with Gasteiger partial charge in [0.1, 0.15) is 42.0 Å². The number of hydrogen-bond donors (Lipinski definition) is 2. The molecule has 0 unspecified atom stereocenters. The maximum Gasteiger partial charge on any atom is 0.247 e. The second kappa shape index (κ2) is 12.1. The summed E-state index contributed by atoms with van der Waals surface area (Å²) in [6.07, 6.45) is 2.45. The molecule has 3 aromatic carbocycles. The largest absolute Gasteiger partial charge is 0.490 e. The van der Waals surface area contributed by atoms with Crippen LogP contribution in [0.3, 0.4) is 0 Å². The van der Waals surface area contributed by atoms with E-state index in [0.29, 0.717) is 54.3 Å². The number of carbonyl (C=O) groups is 1. The molecular weight excluding hydrogens is 523 g/mol. The van der Waals surface area contributed by atoms with E-state index in [-0.39, 0.29) is 17.1 Å². The predicted octanol–water partition coefficient (Wildman–Crippen LogP) is 5.29. The van der Waals surface area contributed by atoms with Crippen molar-refractivity contribution in [2.45, 2.75) is 0 Å². The van der Waals surface area contributed by atoms with E-state index in [1.165, 1.54) is 30.6 Å². The monoisotopic (exact) mass is 549 g/mol. The van der Waals surface area contributed by atoms with Crippen LogP contribution >= 0.6 is 0 Å². The fraction of sp³-hybridized carbons (Fsp3) is 0.207. The maximum atomic E-state index is 14.8. The molecule has 206 valence electrons. The molecule has 1 aromatic heterocycles. The Morgan fingerprint density at radius 1 is 1.02 bits per heavy atom. The van der Waals surface area contributed by atoms with E-state index in [1.54, 1.807) is 12.1 Å². The first-order chi connectivity index (χ1) is 19.4. The van der Waals surface area contributed by atoms with E-state index in [9.17, 15) is 18.0 Å². The lowest BCUT2D eigenvalue weighted by atomic mass is 10.0. The van der Waals surface area contributed by atoms with Gasteiger partial charge in [-0.15, -0.1) is 0 Å². The van der Waals surface area contributed by atoms with E-state index < -0.39 is 23.4 Å². The van der Waals surface area contributed by atoms with Gasteiger partial charge in [0, 0.05) is 42.7 Å². The third-order valence-corrected chi connectivity index (χ3v) is 6.41. The summed E-state index contributed by atoms with van der Waals surface area (Å²) in [4.78, 5) is 23.0. The molecule has 0 aliphatic carbocycles. The van der Waals surface area contributed by atoms with E-state index in [1.807, 2.05) is 0 Å². The average Bonchev–Trinajstić information content (AvgIpc) is 2.95. The van der Waals surface area contributed by atoms with Crippen molar-refractivity contribution in [3.8, 4) is 16.9 Å². The van der Waals surface area contributed by atoms with Gasteiger partial charge < -0.3 is 20.1 Å². The molecule has 2 N–H and O–H groups in total. The number of morpholine rings is 1. The lowest BCUT2D eigenvalue weighted by Crippen LogP contribution is -2.38. The summed E-state index contributed by atoms with van der Waals surface area (Å²) in [7, 11) is 0. The fourth-order valence-electron chi connectivity index (χ4n) is 4.33. The van der Waals surface area contributed by atoms with Crippen molar-refractivity contribution in [2.75, 3.05) is 50.1 Å². The van der Waals surface area contributed by atoms with Gasteiger partial charge in [-0.05, 0) is 42.0 Å². The first kappa shape index (κ1) is 27.1. The molecule has 0 bridgehead atoms. The highest BCUT2D eigenvalue weighted by Gasteiger charge is 2.16. The molecule has 1 saturated heterocycles. The first-order valence-electron chi connectivity index (χ1n) is 12.6. The molecule has 1 fully saturated rings. The Bertz CT molecular complexity index is 1560. The van der Waals surface area contributed by atoms with Crippen molar-refractivity contribution < 1.29 is 27.4 Å². The number of nitrogens with one attached hydrogen (secondary N) is 2. The molecule has 2 heterocycles. The molecule has 40 heavy (non-hydrogen) atoms. The van der Waals surface area contributed by atoms with Crippen LogP contribution in [0.5, 0.6) is 5.75 Å². The maximum absolute atomic E-state index is 14.8. The van der Waals surface area contributed by atoms with Gasteiger partial charge in [0.15, 0.2) is 0 Å². The van der Waals surface area contributed by atoms with Gasteiger partial charge in [0.25, 0.3) is 0 Å². The molecule has 5 rings (SSSR count). The summed E-state index contributed by atoms with van der Waals surface area (Å²) < 4.78 is 54.0. The number of amides is 1. The molecule has 0 saturated carbocycles. The minimum absolute atomic E-state index is 0.0174. The van der Waals surface area contributed by atoms with Crippen LogP contribution in [0.1, 0.15) is 0 Å². The van der Waals surface area contributed by atoms with Crippen LogP contribution in [0.25, 0.3) is 22.0 Å². The van der Waals surface area contributed by atoms with E-state index in [2.05, 4.69) is 32.1 Å². The number of ether oxygens (including phenoxy) is 2. The number of carbonyl (C=O) groups excluding carboxylic acids is 1. The zero-order valence-electron chi connectivity index (χ0n) is 21.4. The van der Waals surface area contributed by atoms with Crippen LogP contribution < -0.4 is 15.4 Å². The van der Waals surface area contributed by atoms with Gasteiger partial charge in [-0.2, -0.15) is 0 Å². The van der Waals surface area contributed by atoms with Gasteiger partial charge >= 0.3 is 0 Å².